The first-order valence-corrected chi connectivity index (χ1v) is 6.45. The van der Waals surface area contributed by atoms with Crippen molar-refractivity contribution in [3.8, 4) is 5.75 Å². The standard InChI is InChI=1S/C13H17BO4/c15-14(16)13-6-11-5-10(3-4-12(11)18-13)8-17-7-9-1-2-9/h3-5,9,13,15-16H,1-2,6-8H2. The molecule has 2 aliphatic rings. The van der Waals surface area contributed by atoms with Crippen molar-refractivity contribution in [2.24, 2.45) is 5.92 Å². The molecule has 1 aromatic rings. The number of hydrogen-bond acceptors (Lipinski definition) is 4. The third-order valence-electron chi connectivity index (χ3n) is 3.48. The van der Waals surface area contributed by atoms with Crippen LogP contribution in [-0.2, 0) is 17.8 Å². The molecule has 18 heavy (non-hydrogen) atoms. The smallest absolute Gasteiger partial charge is 0.492 e. The van der Waals surface area contributed by atoms with Gasteiger partial charge in [-0.1, -0.05) is 6.07 Å². The maximum absolute atomic E-state index is 9.11. The molecule has 1 aromatic carbocycles. The van der Waals surface area contributed by atoms with Crippen molar-refractivity contribution in [2.45, 2.75) is 31.9 Å². The Kier molecular flexibility index (Phi) is 3.28. The molecule has 4 nitrogen and oxygen atoms in total. The highest BCUT2D eigenvalue weighted by molar-refractivity contribution is 6.43. The highest BCUT2D eigenvalue weighted by Crippen LogP contribution is 2.31. The van der Waals surface area contributed by atoms with Crippen LogP contribution in [0, 0.1) is 5.92 Å². The summed E-state index contributed by atoms with van der Waals surface area (Å²) in [5, 5.41) is 18.2. The van der Waals surface area contributed by atoms with Gasteiger partial charge in [-0.05, 0) is 42.0 Å². The van der Waals surface area contributed by atoms with E-state index in [2.05, 4.69) is 0 Å². The van der Waals surface area contributed by atoms with Crippen molar-refractivity contribution in [1.29, 1.82) is 0 Å². The number of benzene rings is 1. The van der Waals surface area contributed by atoms with Crippen LogP contribution < -0.4 is 4.74 Å². The van der Waals surface area contributed by atoms with Crippen molar-refractivity contribution < 1.29 is 19.5 Å². The molecule has 1 fully saturated rings. The van der Waals surface area contributed by atoms with Gasteiger partial charge in [0.15, 0.2) is 0 Å². The zero-order valence-electron chi connectivity index (χ0n) is 10.2. The van der Waals surface area contributed by atoms with E-state index in [4.69, 9.17) is 19.5 Å². The number of hydrogen-bond donors (Lipinski definition) is 2. The fourth-order valence-electron chi connectivity index (χ4n) is 2.21. The second-order valence-corrected chi connectivity index (χ2v) is 5.17. The van der Waals surface area contributed by atoms with Gasteiger partial charge in [0.25, 0.3) is 0 Å². The maximum Gasteiger partial charge on any atom is 0.495 e. The van der Waals surface area contributed by atoms with E-state index in [0.717, 1.165) is 29.4 Å². The highest BCUT2D eigenvalue weighted by Gasteiger charge is 2.32. The van der Waals surface area contributed by atoms with Gasteiger partial charge in [0.1, 0.15) is 11.8 Å². The Morgan fingerprint density at radius 3 is 2.89 bits per heavy atom. The summed E-state index contributed by atoms with van der Waals surface area (Å²) in [7, 11) is -1.42. The van der Waals surface area contributed by atoms with Gasteiger partial charge < -0.3 is 19.5 Å². The third kappa shape index (κ3) is 2.69. The predicted octanol–water partition coefficient (Wildman–Crippen LogP) is 0.929. The van der Waals surface area contributed by atoms with Gasteiger partial charge in [0.2, 0.25) is 0 Å². The summed E-state index contributed by atoms with van der Waals surface area (Å²) in [6.45, 7) is 1.47. The molecule has 2 N–H and O–H groups in total. The van der Waals surface area contributed by atoms with Crippen LogP contribution in [0.2, 0.25) is 0 Å². The molecule has 0 aromatic heterocycles. The van der Waals surface area contributed by atoms with Crippen molar-refractivity contribution in [3.05, 3.63) is 29.3 Å². The zero-order chi connectivity index (χ0) is 12.5. The van der Waals surface area contributed by atoms with Crippen LogP contribution in [0.1, 0.15) is 24.0 Å². The fourth-order valence-corrected chi connectivity index (χ4v) is 2.21. The quantitative estimate of drug-likeness (QED) is 0.761. The molecule has 5 heteroatoms. The summed E-state index contributed by atoms with van der Waals surface area (Å²) < 4.78 is 11.1. The first-order chi connectivity index (χ1) is 8.72. The Hall–Kier alpha value is -1.04. The van der Waals surface area contributed by atoms with Gasteiger partial charge in [-0.2, -0.15) is 0 Å². The number of fused-ring (bicyclic) bond motifs is 1. The highest BCUT2D eigenvalue weighted by atomic mass is 16.5. The van der Waals surface area contributed by atoms with Crippen LogP contribution in [-0.4, -0.2) is 29.8 Å². The van der Waals surface area contributed by atoms with Gasteiger partial charge in [-0.3, -0.25) is 0 Å². The lowest BCUT2D eigenvalue weighted by molar-refractivity contribution is 0.111. The maximum atomic E-state index is 9.11. The topological polar surface area (TPSA) is 58.9 Å². The summed E-state index contributed by atoms with van der Waals surface area (Å²) in [6.07, 6.45) is 3.14. The van der Waals surface area contributed by atoms with Crippen molar-refractivity contribution in [1.82, 2.24) is 0 Å². The lowest BCUT2D eigenvalue weighted by Gasteiger charge is -2.07. The molecule has 0 bridgehead atoms. The van der Waals surface area contributed by atoms with Crippen LogP contribution in [0.25, 0.3) is 0 Å². The summed E-state index contributed by atoms with van der Waals surface area (Å²) in [5.74, 6) is 1.52. The summed E-state index contributed by atoms with van der Waals surface area (Å²) in [5.41, 5.74) is 2.15. The summed E-state index contributed by atoms with van der Waals surface area (Å²) in [4.78, 5) is 0. The van der Waals surface area contributed by atoms with E-state index in [0.29, 0.717) is 13.0 Å². The molecule has 1 unspecified atom stereocenters. The van der Waals surface area contributed by atoms with Gasteiger partial charge in [0.05, 0.1) is 6.61 Å². The van der Waals surface area contributed by atoms with Crippen molar-refractivity contribution >= 4 is 7.12 Å². The SMILES string of the molecule is OB(O)C1Cc2cc(COCC3CC3)ccc2O1. The molecule has 1 saturated carbocycles. The Morgan fingerprint density at radius 1 is 1.33 bits per heavy atom. The summed E-state index contributed by atoms with van der Waals surface area (Å²) >= 11 is 0. The van der Waals surface area contributed by atoms with Crippen LogP contribution in [0.4, 0.5) is 0 Å². The first kappa shape index (κ1) is 12.0. The minimum atomic E-state index is -1.42. The molecule has 3 rings (SSSR count). The van der Waals surface area contributed by atoms with E-state index < -0.39 is 13.1 Å². The average molecular weight is 248 g/mol. The Labute approximate surface area is 107 Å². The molecule has 1 aliphatic carbocycles. The minimum Gasteiger partial charge on any atom is -0.492 e. The molecule has 1 aliphatic heterocycles. The molecule has 0 spiro atoms. The van der Waals surface area contributed by atoms with Crippen LogP contribution in [0.3, 0.4) is 0 Å². The van der Waals surface area contributed by atoms with Gasteiger partial charge in [-0.15, -0.1) is 0 Å². The van der Waals surface area contributed by atoms with Crippen LogP contribution in [0.5, 0.6) is 5.75 Å². The Balaban J connectivity index is 1.59. The van der Waals surface area contributed by atoms with Crippen LogP contribution in [0.15, 0.2) is 18.2 Å². The molecular weight excluding hydrogens is 231 g/mol. The predicted molar refractivity (Wildman–Crippen MR) is 67.1 cm³/mol. The Morgan fingerprint density at radius 2 is 2.17 bits per heavy atom. The van der Waals surface area contributed by atoms with Gasteiger partial charge >= 0.3 is 7.12 Å². The lowest BCUT2D eigenvalue weighted by atomic mass is 9.80. The van der Waals surface area contributed by atoms with Crippen LogP contribution >= 0.6 is 0 Å². The van der Waals surface area contributed by atoms with E-state index in [1.807, 2.05) is 18.2 Å². The number of ether oxygens (including phenoxy) is 2. The van der Waals surface area contributed by atoms with E-state index in [9.17, 15) is 0 Å². The van der Waals surface area contributed by atoms with E-state index in [1.165, 1.54) is 12.8 Å². The normalized spacial score (nSPS) is 21.6. The van der Waals surface area contributed by atoms with Crippen molar-refractivity contribution in [2.75, 3.05) is 6.61 Å². The Bertz CT molecular complexity index is 431. The minimum absolute atomic E-state index is 0.539. The third-order valence-corrected chi connectivity index (χ3v) is 3.48. The molecular formula is C13H17BO4. The van der Waals surface area contributed by atoms with Gasteiger partial charge in [0, 0.05) is 13.0 Å². The molecule has 0 saturated heterocycles. The largest absolute Gasteiger partial charge is 0.495 e. The van der Waals surface area contributed by atoms with E-state index in [-0.39, 0.29) is 0 Å². The number of rotatable bonds is 5. The first-order valence-electron chi connectivity index (χ1n) is 6.45. The fraction of sp³-hybridized carbons (Fsp3) is 0.538. The average Bonchev–Trinajstić information content (AvgIpc) is 3.06. The van der Waals surface area contributed by atoms with E-state index >= 15 is 0 Å². The lowest BCUT2D eigenvalue weighted by Crippen LogP contribution is -2.34. The monoisotopic (exact) mass is 248 g/mol. The molecule has 0 amide bonds. The van der Waals surface area contributed by atoms with E-state index in [1.54, 1.807) is 0 Å². The second-order valence-electron chi connectivity index (χ2n) is 5.17. The zero-order valence-corrected chi connectivity index (χ0v) is 10.2. The second kappa shape index (κ2) is 4.92. The molecule has 1 heterocycles. The summed E-state index contributed by atoms with van der Waals surface area (Å²) in [6, 6.07) is 5.35. The molecule has 0 radical (unpaired) electrons. The molecule has 96 valence electrons. The van der Waals surface area contributed by atoms with Crippen molar-refractivity contribution in [3.63, 3.8) is 0 Å². The van der Waals surface area contributed by atoms with Gasteiger partial charge in [-0.25, -0.2) is 0 Å². The molecule has 1 atom stereocenters.